The van der Waals surface area contributed by atoms with Crippen LogP contribution in [0.3, 0.4) is 0 Å². The molecule has 0 saturated heterocycles. The van der Waals surface area contributed by atoms with Crippen molar-refractivity contribution in [1.82, 2.24) is 4.98 Å². The number of halogens is 1. The van der Waals surface area contributed by atoms with Gasteiger partial charge in [0, 0.05) is 6.92 Å². The Morgan fingerprint density at radius 2 is 2.11 bits per heavy atom. The van der Waals surface area contributed by atoms with E-state index in [9.17, 15) is 4.39 Å². The Kier molecular flexibility index (Phi) is 3.67. The molecule has 0 aromatic carbocycles. The maximum absolute atomic E-state index is 11.7. The predicted octanol–water partition coefficient (Wildman–Crippen LogP) is 2.15. The van der Waals surface area contributed by atoms with Crippen LogP contribution in [0.4, 0.5) is 4.39 Å². The first kappa shape index (κ1) is 8.14. The van der Waals surface area contributed by atoms with Gasteiger partial charge in [-0.3, -0.25) is 0 Å². The van der Waals surface area contributed by atoms with Gasteiger partial charge in [0.15, 0.2) is 5.89 Å². The lowest BCUT2D eigenvalue weighted by Gasteiger charge is -1.70. The molecule has 1 aromatic rings. The van der Waals surface area contributed by atoms with Gasteiger partial charge in [0.05, 0.1) is 0 Å². The molecular formula is C6H10FNO. The van der Waals surface area contributed by atoms with E-state index in [-0.39, 0.29) is 0 Å². The Hall–Kier alpha value is -0.860. The van der Waals surface area contributed by atoms with Crippen molar-refractivity contribution < 1.29 is 8.81 Å². The summed E-state index contributed by atoms with van der Waals surface area (Å²) in [5, 5.41) is 0. The maximum atomic E-state index is 11.7. The molecule has 9 heavy (non-hydrogen) atoms. The third-order valence-corrected chi connectivity index (χ3v) is 0.593. The standard InChI is InChI=1S/C4H4FNO.C2H6/c1-3-6-2-4(5)7-3;1-2/h2H,1H3;1-2H3. The van der Waals surface area contributed by atoms with Gasteiger partial charge in [0.25, 0.3) is 6.01 Å². The molecule has 1 aromatic heterocycles. The van der Waals surface area contributed by atoms with E-state index in [1.807, 2.05) is 13.8 Å². The summed E-state index contributed by atoms with van der Waals surface area (Å²) >= 11 is 0. The van der Waals surface area contributed by atoms with Gasteiger partial charge in [-0.15, -0.1) is 0 Å². The van der Waals surface area contributed by atoms with E-state index in [0.29, 0.717) is 5.89 Å². The first-order valence-electron chi connectivity index (χ1n) is 2.87. The number of oxazole rings is 1. The van der Waals surface area contributed by atoms with Crippen LogP contribution < -0.4 is 0 Å². The Morgan fingerprint density at radius 3 is 2.22 bits per heavy atom. The van der Waals surface area contributed by atoms with Crippen molar-refractivity contribution >= 4 is 0 Å². The molecule has 0 radical (unpaired) electrons. The van der Waals surface area contributed by atoms with Crippen LogP contribution in [0.25, 0.3) is 0 Å². The third kappa shape index (κ3) is 2.85. The second-order valence-corrected chi connectivity index (χ2v) is 1.18. The molecule has 0 aliphatic carbocycles. The fourth-order valence-corrected chi connectivity index (χ4v) is 0.335. The molecule has 0 amide bonds. The van der Waals surface area contributed by atoms with Gasteiger partial charge in [-0.1, -0.05) is 13.8 Å². The van der Waals surface area contributed by atoms with Crippen LogP contribution in [0, 0.1) is 12.9 Å². The minimum Gasteiger partial charge on any atom is -0.416 e. The van der Waals surface area contributed by atoms with Crippen LogP contribution in [0.1, 0.15) is 19.7 Å². The molecule has 0 N–H and O–H groups in total. The number of hydrogen-bond donors (Lipinski definition) is 0. The van der Waals surface area contributed by atoms with E-state index in [1.165, 1.54) is 0 Å². The molecule has 0 fully saturated rings. The number of aryl methyl sites for hydroxylation is 1. The predicted molar refractivity (Wildman–Crippen MR) is 32.5 cm³/mol. The molecule has 0 saturated carbocycles. The van der Waals surface area contributed by atoms with Crippen LogP contribution in [-0.2, 0) is 0 Å². The average molecular weight is 131 g/mol. The van der Waals surface area contributed by atoms with Crippen LogP contribution in [0.2, 0.25) is 0 Å². The molecule has 0 bridgehead atoms. The third-order valence-electron chi connectivity index (χ3n) is 0.593. The van der Waals surface area contributed by atoms with Crippen molar-refractivity contribution in [2.75, 3.05) is 0 Å². The highest BCUT2D eigenvalue weighted by atomic mass is 19.1. The summed E-state index contributed by atoms with van der Waals surface area (Å²) in [4.78, 5) is 3.47. The Balaban J connectivity index is 0.000000291. The molecule has 0 aliphatic heterocycles. The van der Waals surface area contributed by atoms with Crippen molar-refractivity contribution in [3.05, 3.63) is 18.1 Å². The average Bonchev–Trinajstić information content (AvgIpc) is 2.20. The molecule has 1 heterocycles. The van der Waals surface area contributed by atoms with E-state index >= 15 is 0 Å². The smallest absolute Gasteiger partial charge is 0.298 e. The minimum atomic E-state index is -0.627. The first-order chi connectivity index (χ1) is 4.29. The summed E-state index contributed by atoms with van der Waals surface area (Å²) in [5.41, 5.74) is 0. The number of aromatic nitrogens is 1. The van der Waals surface area contributed by atoms with Gasteiger partial charge in [-0.25, -0.2) is 4.98 Å². The summed E-state index contributed by atoms with van der Waals surface area (Å²) in [5.74, 6) is 0.359. The van der Waals surface area contributed by atoms with Crippen molar-refractivity contribution in [3.63, 3.8) is 0 Å². The van der Waals surface area contributed by atoms with Gasteiger partial charge >= 0.3 is 0 Å². The van der Waals surface area contributed by atoms with Gasteiger partial charge < -0.3 is 4.42 Å². The lowest BCUT2D eigenvalue weighted by Crippen LogP contribution is -1.59. The van der Waals surface area contributed by atoms with Crippen LogP contribution in [-0.4, -0.2) is 4.98 Å². The van der Waals surface area contributed by atoms with E-state index < -0.39 is 6.01 Å². The summed E-state index contributed by atoms with van der Waals surface area (Å²) in [6, 6.07) is -0.627. The summed E-state index contributed by atoms with van der Waals surface area (Å²) in [6.45, 7) is 5.59. The van der Waals surface area contributed by atoms with Gasteiger partial charge in [-0.2, -0.15) is 4.39 Å². The number of hydrogen-bond acceptors (Lipinski definition) is 2. The largest absolute Gasteiger partial charge is 0.416 e. The molecule has 1 rings (SSSR count). The lowest BCUT2D eigenvalue weighted by atomic mass is 10.8. The van der Waals surface area contributed by atoms with E-state index in [0.717, 1.165) is 6.20 Å². The van der Waals surface area contributed by atoms with E-state index in [4.69, 9.17) is 0 Å². The maximum Gasteiger partial charge on any atom is 0.298 e. The van der Waals surface area contributed by atoms with Crippen LogP contribution >= 0.6 is 0 Å². The first-order valence-corrected chi connectivity index (χ1v) is 2.87. The summed E-state index contributed by atoms with van der Waals surface area (Å²) in [7, 11) is 0. The zero-order valence-corrected chi connectivity index (χ0v) is 5.81. The van der Waals surface area contributed by atoms with E-state index in [1.54, 1.807) is 6.92 Å². The Bertz CT molecular complexity index is 145. The molecule has 52 valence electrons. The molecule has 0 atom stereocenters. The monoisotopic (exact) mass is 131 g/mol. The molecular weight excluding hydrogens is 121 g/mol. The Labute approximate surface area is 53.7 Å². The van der Waals surface area contributed by atoms with Gasteiger partial charge in [-0.05, 0) is 0 Å². The normalized spacial score (nSPS) is 8.00. The highest BCUT2D eigenvalue weighted by molar-refractivity contribution is 4.75. The fraction of sp³-hybridized carbons (Fsp3) is 0.500. The second kappa shape index (κ2) is 4.06. The Morgan fingerprint density at radius 1 is 1.56 bits per heavy atom. The van der Waals surface area contributed by atoms with Crippen LogP contribution in [0.5, 0.6) is 0 Å². The second-order valence-electron chi connectivity index (χ2n) is 1.18. The van der Waals surface area contributed by atoms with Crippen molar-refractivity contribution in [2.24, 2.45) is 0 Å². The van der Waals surface area contributed by atoms with Crippen molar-refractivity contribution in [3.8, 4) is 0 Å². The minimum absolute atomic E-state index is 0.359. The quantitative estimate of drug-likeness (QED) is 0.539. The van der Waals surface area contributed by atoms with Crippen LogP contribution in [0.15, 0.2) is 10.6 Å². The SMILES string of the molecule is CC.Cc1ncc(F)o1. The van der Waals surface area contributed by atoms with Gasteiger partial charge in [0.2, 0.25) is 0 Å². The van der Waals surface area contributed by atoms with E-state index in [2.05, 4.69) is 9.40 Å². The molecule has 3 heteroatoms. The van der Waals surface area contributed by atoms with Gasteiger partial charge in [0.1, 0.15) is 6.20 Å². The molecule has 0 spiro atoms. The zero-order valence-electron chi connectivity index (χ0n) is 5.81. The number of nitrogens with zero attached hydrogens (tertiary/aromatic N) is 1. The zero-order chi connectivity index (χ0) is 7.28. The molecule has 2 nitrogen and oxygen atoms in total. The molecule has 0 aliphatic rings. The summed E-state index contributed by atoms with van der Waals surface area (Å²) in [6.07, 6.45) is 1.04. The van der Waals surface area contributed by atoms with Crippen molar-refractivity contribution in [2.45, 2.75) is 20.8 Å². The topological polar surface area (TPSA) is 26.0 Å². The highest BCUT2D eigenvalue weighted by Gasteiger charge is 1.91. The highest BCUT2D eigenvalue weighted by Crippen LogP contribution is 1.96. The summed E-state index contributed by atoms with van der Waals surface area (Å²) < 4.78 is 16.0. The lowest BCUT2D eigenvalue weighted by molar-refractivity contribution is 0.343. The molecule has 0 unspecified atom stereocenters. The number of rotatable bonds is 0. The van der Waals surface area contributed by atoms with Crippen molar-refractivity contribution in [1.29, 1.82) is 0 Å². The fourth-order valence-electron chi connectivity index (χ4n) is 0.335.